The van der Waals surface area contributed by atoms with Gasteiger partial charge in [-0.05, 0) is 99.1 Å². The number of aromatic nitrogens is 1. The molecule has 0 fully saturated rings. The summed E-state index contributed by atoms with van der Waals surface area (Å²) in [6.07, 6.45) is 3.66. The number of ether oxygens (including phenoxy) is 1. The zero-order valence-electron chi connectivity index (χ0n) is 31.8. The molecule has 7 heteroatoms. The number of carbonyl (C=O) groups is 1. The second kappa shape index (κ2) is 18.5. The van der Waals surface area contributed by atoms with Gasteiger partial charge in [-0.15, -0.1) is 0 Å². The quantitative estimate of drug-likeness (QED) is 0.102. The molecule has 1 heterocycles. The second-order valence-corrected chi connectivity index (χ2v) is 13.5. The first-order valence-corrected chi connectivity index (χ1v) is 18.6. The Morgan fingerprint density at radius 3 is 2.20 bits per heavy atom. The molecule has 0 aliphatic heterocycles. The van der Waals surface area contributed by atoms with Crippen molar-refractivity contribution in [1.29, 1.82) is 0 Å². The number of rotatable bonds is 15. The average molecular weight is 692 g/mol. The number of aromatic hydroxyl groups is 2. The van der Waals surface area contributed by atoms with Gasteiger partial charge in [-0.1, -0.05) is 84.4 Å². The van der Waals surface area contributed by atoms with Crippen LogP contribution in [0, 0.1) is 25.7 Å². The first-order valence-electron chi connectivity index (χ1n) is 18.6. The van der Waals surface area contributed by atoms with Crippen LogP contribution in [0.15, 0.2) is 84.9 Å². The van der Waals surface area contributed by atoms with Crippen molar-refractivity contribution < 1.29 is 19.7 Å². The molecule has 5 rings (SSSR count). The standard InChI is InChI=1S/C42H51N3O4.C2H6/c1-7-20-44(21-19-28(3)8-2)26-29(4)27-45-31(6)30(5)37-25-36(17-18-38(37)45)49-35-16-12-15-33(22-35)42(48)43-34-23-39(46)41(40(47)24-34)32-13-10-9-11-14-32;1-2/h9-18,22-25,28-29,46-47H,7-8,19-21,26-27H2,1-6H3,(H,43,48);1-2H3. The molecule has 0 radical (unpaired) electrons. The maximum absolute atomic E-state index is 13.2. The predicted molar refractivity (Wildman–Crippen MR) is 212 cm³/mol. The van der Waals surface area contributed by atoms with Gasteiger partial charge in [0.2, 0.25) is 0 Å². The molecule has 1 aromatic heterocycles. The maximum atomic E-state index is 13.2. The van der Waals surface area contributed by atoms with Gasteiger partial charge in [-0.2, -0.15) is 0 Å². The Kier molecular flexibility index (Phi) is 14.1. The highest BCUT2D eigenvalue weighted by Gasteiger charge is 2.18. The molecular weight excluding hydrogens is 635 g/mol. The smallest absolute Gasteiger partial charge is 0.255 e. The molecule has 2 unspecified atom stereocenters. The van der Waals surface area contributed by atoms with Crippen molar-refractivity contribution in [2.24, 2.45) is 11.8 Å². The molecule has 0 saturated carbocycles. The summed E-state index contributed by atoms with van der Waals surface area (Å²) < 4.78 is 8.72. The summed E-state index contributed by atoms with van der Waals surface area (Å²) in [5.41, 5.74) is 5.38. The highest BCUT2D eigenvalue weighted by atomic mass is 16.5. The van der Waals surface area contributed by atoms with E-state index in [2.05, 4.69) is 68.5 Å². The number of hydrogen-bond donors (Lipinski definition) is 3. The number of fused-ring (bicyclic) bond motifs is 1. The van der Waals surface area contributed by atoms with E-state index in [0.717, 1.165) is 37.5 Å². The van der Waals surface area contributed by atoms with Crippen LogP contribution in [0.5, 0.6) is 23.0 Å². The SMILES string of the molecule is CC.CCCN(CCC(C)CC)CC(C)Cn1c(C)c(C)c2cc(Oc3cccc(C(=O)Nc4cc(O)c(-c5ccccc5)c(O)c4)c3)ccc21. The fraction of sp³-hybridized carbons (Fsp3) is 0.386. The highest BCUT2D eigenvalue weighted by Crippen LogP contribution is 2.40. The molecule has 2 atom stereocenters. The molecule has 4 aromatic carbocycles. The zero-order chi connectivity index (χ0) is 37.1. The molecule has 0 aliphatic rings. The summed E-state index contributed by atoms with van der Waals surface area (Å²) in [7, 11) is 0. The topological polar surface area (TPSA) is 87.0 Å². The Morgan fingerprint density at radius 2 is 1.53 bits per heavy atom. The van der Waals surface area contributed by atoms with Crippen molar-refractivity contribution in [3.8, 4) is 34.1 Å². The molecule has 1 amide bonds. The van der Waals surface area contributed by atoms with Crippen molar-refractivity contribution in [3.05, 3.63) is 102 Å². The first-order chi connectivity index (χ1) is 24.6. The monoisotopic (exact) mass is 691 g/mol. The van der Waals surface area contributed by atoms with Gasteiger partial charge >= 0.3 is 0 Å². The number of benzene rings is 4. The van der Waals surface area contributed by atoms with E-state index in [-0.39, 0.29) is 23.1 Å². The second-order valence-electron chi connectivity index (χ2n) is 13.5. The lowest BCUT2D eigenvalue weighted by Gasteiger charge is -2.27. The van der Waals surface area contributed by atoms with Gasteiger partial charge in [0.25, 0.3) is 5.91 Å². The minimum Gasteiger partial charge on any atom is -0.507 e. The van der Waals surface area contributed by atoms with Gasteiger partial charge in [0, 0.05) is 53.1 Å². The molecule has 51 heavy (non-hydrogen) atoms. The molecule has 0 aliphatic carbocycles. The van der Waals surface area contributed by atoms with Crippen molar-refractivity contribution in [2.75, 3.05) is 25.0 Å². The largest absolute Gasteiger partial charge is 0.507 e. The average Bonchev–Trinajstić information content (AvgIpc) is 3.35. The number of carbonyl (C=O) groups excluding carboxylic acids is 1. The molecule has 5 aromatic rings. The van der Waals surface area contributed by atoms with E-state index in [1.165, 1.54) is 48.2 Å². The summed E-state index contributed by atoms with van der Waals surface area (Å²) in [6.45, 7) is 22.0. The lowest BCUT2D eigenvalue weighted by molar-refractivity contribution is 0.102. The Hall–Kier alpha value is -4.75. The molecule has 0 bridgehead atoms. The van der Waals surface area contributed by atoms with E-state index in [1.54, 1.807) is 30.3 Å². The molecule has 7 nitrogen and oxygen atoms in total. The maximum Gasteiger partial charge on any atom is 0.255 e. The van der Waals surface area contributed by atoms with Crippen molar-refractivity contribution in [1.82, 2.24) is 9.47 Å². The lowest BCUT2D eigenvalue weighted by atomic mass is 10.0. The van der Waals surface area contributed by atoms with Crippen molar-refractivity contribution in [2.45, 2.75) is 81.2 Å². The van der Waals surface area contributed by atoms with E-state index in [9.17, 15) is 15.0 Å². The Labute approximate surface area is 304 Å². The lowest BCUT2D eigenvalue weighted by Crippen LogP contribution is -2.32. The van der Waals surface area contributed by atoms with Gasteiger partial charge in [-0.3, -0.25) is 4.79 Å². The number of hydrogen-bond acceptors (Lipinski definition) is 5. The number of nitrogens with zero attached hydrogens (tertiary/aromatic N) is 2. The molecule has 3 N–H and O–H groups in total. The summed E-state index contributed by atoms with van der Waals surface area (Å²) >= 11 is 0. The fourth-order valence-electron chi connectivity index (χ4n) is 6.58. The Morgan fingerprint density at radius 1 is 0.843 bits per heavy atom. The number of anilines is 1. The van der Waals surface area contributed by atoms with Crippen LogP contribution in [0.3, 0.4) is 0 Å². The van der Waals surface area contributed by atoms with Crippen LogP contribution in [-0.2, 0) is 6.54 Å². The first kappa shape index (κ1) is 39.0. The van der Waals surface area contributed by atoms with E-state index in [4.69, 9.17) is 4.74 Å². The summed E-state index contributed by atoms with van der Waals surface area (Å²) in [5, 5.41) is 25.2. The Bertz CT molecular complexity index is 1860. The van der Waals surface area contributed by atoms with E-state index >= 15 is 0 Å². The number of aryl methyl sites for hydroxylation is 1. The van der Waals surface area contributed by atoms with Crippen LogP contribution in [0.2, 0.25) is 0 Å². The van der Waals surface area contributed by atoms with Gasteiger partial charge in [0.1, 0.15) is 23.0 Å². The van der Waals surface area contributed by atoms with Crippen molar-refractivity contribution in [3.63, 3.8) is 0 Å². The minimum absolute atomic E-state index is 0.127. The molecule has 272 valence electrons. The number of nitrogens with one attached hydrogen (secondary N) is 1. The molecule has 0 saturated heterocycles. The van der Waals surface area contributed by atoms with Crippen LogP contribution < -0.4 is 10.1 Å². The third-order valence-corrected chi connectivity index (χ3v) is 9.60. The van der Waals surface area contributed by atoms with Crippen LogP contribution in [0.1, 0.15) is 82.4 Å². The number of phenols is 2. The van der Waals surface area contributed by atoms with Gasteiger partial charge in [0.15, 0.2) is 0 Å². The van der Waals surface area contributed by atoms with Crippen LogP contribution in [0.25, 0.3) is 22.0 Å². The van der Waals surface area contributed by atoms with Crippen LogP contribution in [-0.4, -0.2) is 45.2 Å². The van der Waals surface area contributed by atoms with Crippen molar-refractivity contribution >= 4 is 22.5 Å². The molecular formula is C44H57N3O4. The summed E-state index contributed by atoms with van der Waals surface area (Å²) in [4.78, 5) is 15.8. The van der Waals surface area contributed by atoms with E-state index < -0.39 is 0 Å². The van der Waals surface area contributed by atoms with E-state index in [0.29, 0.717) is 34.1 Å². The van der Waals surface area contributed by atoms with Crippen LogP contribution >= 0.6 is 0 Å². The number of amides is 1. The Balaban J connectivity index is 0.00000286. The third kappa shape index (κ3) is 9.95. The van der Waals surface area contributed by atoms with Gasteiger partial charge in [-0.25, -0.2) is 0 Å². The van der Waals surface area contributed by atoms with E-state index in [1.807, 2.05) is 44.2 Å². The number of phenolic OH excluding ortho intramolecular Hbond substituents is 2. The highest BCUT2D eigenvalue weighted by molar-refractivity contribution is 6.05. The summed E-state index contributed by atoms with van der Waals surface area (Å²) in [6, 6.07) is 25.2. The zero-order valence-corrected chi connectivity index (χ0v) is 31.8. The predicted octanol–water partition coefficient (Wildman–Crippen LogP) is 11.2. The normalized spacial score (nSPS) is 12.3. The van der Waals surface area contributed by atoms with Crippen LogP contribution in [0.4, 0.5) is 5.69 Å². The van der Waals surface area contributed by atoms with Gasteiger partial charge in [0.05, 0.1) is 5.56 Å². The minimum atomic E-state index is -0.387. The molecule has 0 spiro atoms. The fourth-order valence-corrected chi connectivity index (χ4v) is 6.58. The third-order valence-electron chi connectivity index (χ3n) is 9.60. The van der Waals surface area contributed by atoms with Gasteiger partial charge < -0.3 is 29.7 Å². The summed E-state index contributed by atoms with van der Waals surface area (Å²) in [5.74, 6) is 1.87.